The Morgan fingerprint density at radius 3 is 2.33 bits per heavy atom. The lowest BCUT2D eigenvalue weighted by atomic mass is 10.0. The summed E-state index contributed by atoms with van der Waals surface area (Å²) < 4.78 is 2.15. The van der Waals surface area contributed by atoms with Crippen molar-refractivity contribution in [2.75, 3.05) is 6.54 Å². The van der Waals surface area contributed by atoms with E-state index in [-0.39, 0.29) is 0 Å². The molecule has 0 bridgehead atoms. The van der Waals surface area contributed by atoms with Crippen LogP contribution in [0.1, 0.15) is 48.2 Å². The van der Waals surface area contributed by atoms with Crippen molar-refractivity contribution in [1.29, 1.82) is 0 Å². The third-order valence-corrected chi connectivity index (χ3v) is 3.85. The molecule has 3 heteroatoms. The molecule has 0 aliphatic carbocycles. The van der Waals surface area contributed by atoms with Crippen LogP contribution in [0.15, 0.2) is 18.3 Å². The fourth-order valence-electron chi connectivity index (χ4n) is 3.02. The Balaban J connectivity index is 2.51. The fraction of sp³-hybridized carbons (Fsp3) is 0.500. The van der Waals surface area contributed by atoms with Crippen LogP contribution in [0.5, 0.6) is 0 Å². The second kappa shape index (κ2) is 6.90. The second-order valence-corrected chi connectivity index (χ2v) is 5.81. The zero-order chi connectivity index (χ0) is 15.4. The van der Waals surface area contributed by atoms with E-state index in [1.54, 1.807) is 0 Å². The maximum Gasteiger partial charge on any atom is 0.0707 e. The van der Waals surface area contributed by atoms with Gasteiger partial charge in [0, 0.05) is 17.8 Å². The van der Waals surface area contributed by atoms with Gasteiger partial charge >= 0.3 is 0 Å². The van der Waals surface area contributed by atoms with Gasteiger partial charge in [0.1, 0.15) is 0 Å². The molecular weight excluding hydrogens is 258 g/mol. The standard InChI is InChI=1S/C18H27N3/c1-6-8-17-16(11-19-7-2)12-20-21(17)18-14(4)9-13(3)10-15(18)5/h9-10,12,19H,6-8,11H2,1-5H3. The van der Waals surface area contributed by atoms with Gasteiger partial charge in [0.15, 0.2) is 0 Å². The van der Waals surface area contributed by atoms with E-state index in [1.807, 2.05) is 6.20 Å². The van der Waals surface area contributed by atoms with Crippen LogP contribution in [-0.2, 0) is 13.0 Å². The summed E-state index contributed by atoms with van der Waals surface area (Å²) in [5.41, 5.74) is 7.80. The summed E-state index contributed by atoms with van der Waals surface area (Å²) in [5, 5.41) is 8.10. The highest BCUT2D eigenvalue weighted by molar-refractivity contribution is 5.50. The first-order valence-corrected chi connectivity index (χ1v) is 7.93. The van der Waals surface area contributed by atoms with Gasteiger partial charge in [-0.2, -0.15) is 5.10 Å². The topological polar surface area (TPSA) is 29.9 Å². The van der Waals surface area contributed by atoms with Gasteiger partial charge in [0.25, 0.3) is 0 Å². The van der Waals surface area contributed by atoms with Crippen LogP contribution in [0.4, 0.5) is 0 Å². The predicted octanol–water partition coefficient (Wildman–Crippen LogP) is 3.86. The minimum absolute atomic E-state index is 0.899. The molecule has 0 unspecified atom stereocenters. The smallest absolute Gasteiger partial charge is 0.0707 e. The van der Waals surface area contributed by atoms with Crippen LogP contribution in [0.3, 0.4) is 0 Å². The van der Waals surface area contributed by atoms with Crippen molar-refractivity contribution in [3.8, 4) is 5.69 Å². The van der Waals surface area contributed by atoms with Crippen molar-refractivity contribution in [2.45, 2.75) is 54.0 Å². The molecule has 114 valence electrons. The lowest BCUT2D eigenvalue weighted by molar-refractivity contribution is 0.706. The summed E-state index contributed by atoms with van der Waals surface area (Å²) in [6.07, 6.45) is 4.22. The highest BCUT2D eigenvalue weighted by Crippen LogP contribution is 2.24. The zero-order valence-electron chi connectivity index (χ0n) is 14.0. The molecule has 0 spiro atoms. The molecule has 0 radical (unpaired) electrons. The van der Waals surface area contributed by atoms with Gasteiger partial charge < -0.3 is 5.32 Å². The molecule has 2 aromatic rings. The quantitative estimate of drug-likeness (QED) is 0.873. The van der Waals surface area contributed by atoms with Gasteiger partial charge in [-0.3, -0.25) is 0 Å². The number of nitrogens with zero attached hydrogens (tertiary/aromatic N) is 2. The average Bonchev–Trinajstić information content (AvgIpc) is 2.79. The molecule has 2 rings (SSSR count). The van der Waals surface area contributed by atoms with Crippen LogP contribution in [0.25, 0.3) is 5.69 Å². The highest BCUT2D eigenvalue weighted by atomic mass is 15.3. The number of aryl methyl sites for hydroxylation is 3. The average molecular weight is 285 g/mol. The van der Waals surface area contributed by atoms with E-state index in [0.717, 1.165) is 25.9 Å². The van der Waals surface area contributed by atoms with Crippen molar-refractivity contribution in [3.05, 3.63) is 46.3 Å². The van der Waals surface area contributed by atoms with Crippen LogP contribution in [-0.4, -0.2) is 16.3 Å². The molecule has 3 nitrogen and oxygen atoms in total. The molecule has 21 heavy (non-hydrogen) atoms. The normalized spacial score (nSPS) is 11.1. The Kier molecular flexibility index (Phi) is 5.18. The van der Waals surface area contributed by atoms with E-state index in [2.05, 4.69) is 61.8 Å². The number of benzene rings is 1. The molecule has 1 aromatic carbocycles. The second-order valence-electron chi connectivity index (χ2n) is 5.81. The van der Waals surface area contributed by atoms with Gasteiger partial charge in [-0.05, 0) is 44.9 Å². The Hall–Kier alpha value is -1.61. The molecule has 1 N–H and O–H groups in total. The molecule has 0 aliphatic heterocycles. The summed E-state index contributed by atoms with van der Waals surface area (Å²) in [5.74, 6) is 0. The Morgan fingerprint density at radius 1 is 1.10 bits per heavy atom. The molecule has 0 saturated carbocycles. The third-order valence-electron chi connectivity index (χ3n) is 3.85. The van der Waals surface area contributed by atoms with Crippen LogP contribution < -0.4 is 5.32 Å². The lowest BCUT2D eigenvalue weighted by Crippen LogP contribution is -2.14. The van der Waals surface area contributed by atoms with E-state index in [1.165, 1.54) is 33.6 Å². The molecule has 1 aromatic heterocycles. The van der Waals surface area contributed by atoms with E-state index in [4.69, 9.17) is 0 Å². The summed E-state index contributed by atoms with van der Waals surface area (Å²) in [6, 6.07) is 4.48. The number of rotatable bonds is 6. The lowest BCUT2D eigenvalue weighted by Gasteiger charge is -2.15. The van der Waals surface area contributed by atoms with Crippen LogP contribution in [0.2, 0.25) is 0 Å². The summed E-state index contributed by atoms with van der Waals surface area (Å²) in [4.78, 5) is 0. The summed E-state index contributed by atoms with van der Waals surface area (Å²) in [6.45, 7) is 12.8. The molecule has 0 aliphatic rings. The molecule has 1 heterocycles. The van der Waals surface area contributed by atoms with Crippen molar-refractivity contribution >= 4 is 0 Å². The molecule has 0 saturated heterocycles. The van der Waals surface area contributed by atoms with Crippen molar-refractivity contribution < 1.29 is 0 Å². The first kappa shape index (κ1) is 15.8. The molecule has 0 fully saturated rings. The molecule has 0 amide bonds. The van der Waals surface area contributed by atoms with Crippen LogP contribution in [0, 0.1) is 20.8 Å². The monoisotopic (exact) mass is 285 g/mol. The summed E-state index contributed by atoms with van der Waals surface area (Å²) >= 11 is 0. The number of nitrogens with one attached hydrogen (secondary N) is 1. The number of hydrogen-bond acceptors (Lipinski definition) is 2. The maximum atomic E-state index is 4.69. The van der Waals surface area contributed by atoms with Gasteiger partial charge in [-0.15, -0.1) is 0 Å². The van der Waals surface area contributed by atoms with E-state index < -0.39 is 0 Å². The fourth-order valence-corrected chi connectivity index (χ4v) is 3.02. The van der Waals surface area contributed by atoms with Crippen LogP contribution >= 0.6 is 0 Å². The molecule has 0 atom stereocenters. The Morgan fingerprint density at radius 2 is 1.76 bits per heavy atom. The van der Waals surface area contributed by atoms with Crippen molar-refractivity contribution in [2.24, 2.45) is 0 Å². The van der Waals surface area contributed by atoms with Gasteiger partial charge in [-0.1, -0.05) is 38.0 Å². The SMILES string of the molecule is CCCc1c(CNCC)cnn1-c1c(C)cc(C)cc1C. The Bertz CT molecular complexity index is 588. The maximum absolute atomic E-state index is 4.69. The highest BCUT2D eigenvalue weighted by Gasteiger charge is 2.14. The van der Waals surface area contributed by atoms with E-state index in [0.29, 0.717) is 0 Å². The first-order chi connectivity index (χ1) is 10.1. The Labute approximate surface area is 128 Å². The number of aromatic nitrogens is 2. The van der Waals surface area contributed by atoms with E-state index >= 15 is 0 Å². The summed E-state index contributed by atoms with van der Waals surface area (Å²) in [7, 11) is 0. The zero-order valence-corrected chi connectivity index (χ0v) is 14.0. The van der Waals surface area contributed by atoms with Crippen molar-refractivity contribution in [3.63, 3.8) is 0 Å². The van der Waals surface area contributed by atoms with Gasteiger partial charge in [-0.25, -0.2) is 4.68 Å². The minimum Gasteiger partial charge on any atom is -0.313 e. The van der Waals surface area contributed by atoms with Gasteiger partial charge in [0.05, 0.1) is 11.9 Å². The third kappa shape index (κ3) is 3.35. The minimum atomic E-state index is 0.899. The van der Waals surface area contributed by atoms with E-state index in [9.17, 15) is 0 Å². The van der Waals surface area contributed by atoms with Gasteiger partial charge in [0.2, 0.25) is 0 Å². The number of hydrogen-bond donors (Lipinski definition) is 1. The molecular formula is C18H27N3. The first-order valence-electron chi connectivity index (χ1n) is 7.93. The largest absolute Gasteiger partial charge is 0.313 e. The predicted molar refractivity (Wildman–Crippen MR) is 89.2 cm³/mol. The van der Waals surface area contributed by atoms with Crippen molar-refractivity contribution in [1.82, 2.24) is 15.1 Å².